The number of amides is 2. The van der Waals surface area contributed by atoms with E-state index in [-0.39, 0.29) is 27.6 Å². The molecule has 5 rings (SSSR count). The third kappa shape index (κ3) is 7.43. The van der Waals surface area contributed by atoms with Crippen LogP contribution in [0.1, 0.15) is 54.1 Å². The first-order valence-electron chi connectivity index (χ1n) is 13.0. The number of halogens is 3. The Labute approximate surface area is 260 Å². The number of thioether (sulfide) groups is 1. The van der Waals surface area contributed by atoms with Gasteiger partial charge in [-0.15, -0.1) is 5.10 Å². The number of rotatable bonds is 8. The van der Waals surface area contributed by atoms with Crippen molar-refractivity contribution in [2.45, 2.75) is 43.3 Å². The van der Waals surface area contributed by atoms with Gasteiger partial charge in [-0.3, -0.25) is 9.59 Å². The summed E-state index contributed by atoms with van der Waals surface area (Å²) in [6, 6.07) is 11.3. The quantitative estimate of drug-likeness (QED) is 0.121. The maximum absolute atomic E-state index is 15.1. The van der Waals surface area contributed by atoms with Gasteiger partial charge in [0.05, 0.1) is 38.8 Å². The molecular weight excluding hydrogens is 616 g/mol. The summed E-state index contributed by atoms with van der Waals surface area (Å²) >= 11 is 13.8. The summed E-state index contributed by atoms with van der Waals surface area (Å²) in [5, 5.41) is 28.8. The number of hydrogen-bond donors (Lipinski definition) is 2. The van der Waals surface area contributed by atoms with Crippen molar-refractivity contribution in [1.29, 1.82) is 0 Å². The molecule has 0 atom stereocenters. The molecule has 0 bridgehead atoms. The fraction of sp³-hybridized carbons (Fsp3) is 0.241. The lowest BCUT2D eigenvalue weighted by Gasteiger charge is -2.19. The van der Waals surface area contributed by atoms with Gasteiger partial charge in [0, 0.05) is 12.1 Å². The van der Waals surface area contributed by atoms with Crippen molar-refractivity contribution in [3.63, 3.8) is 0 Å². The van der Waals surface area contributed by atoms with Gasteiger partial charge in [-0.25, -0.2) is 4.39 Å². The molecule has 4 aromatic rings. The summed E-state index contributed by atoms with van der Waals surface area (Å²) in [6.45, 7) is 3.29. The zero-order valence-electron chi connectivity index (χ0n) is 22.9. The number of carbonyl (C=O) groups is 2. The minimum atomic E-state index is -1.04. The lowest BCUT2D eigenvalue weighted by molar-refractivity contribution is -0.605. The molecule has 0 aliphatic heterocycles. The van der Waals surface area contributed by atoms with Gasteiger partial charge < -0.3 is 15.8 Å². The number of aromatic nitrogens is 5. The summed E-state index contributed by atoms with van der Waals surface area (Å²) in [5.74, 6) is 4.25. The monoisotopic (exact) mass is 639 g/mol. The van der Waals surface area contributed by atoms with Gasteiger partial charge in [-0.1, -0.05) is 52.9 Å². The largest absolute Gasteiger partial charge is 0.619 e. The van der Waals surface area contributed by atoms with Crippen molar-refractivity contribution in [2.24, 2.45) is 0 Å². The van der Waals surface area contributed by atoms with Crippen LogP contribution in [0.2, 0.25) is 10.0 Å². The second-order valence-electron chi connectivity index (χ2n) is 10.3. The van der Waals surface area contributed by atoms with E-state index in [2.05, 4.69) is 38.0 Å². The average Bonchev–Trinajstić information content (AvgIpc) is 3.72. The molecule has 0 unspecified atom stereocenters. The molecule has 1 aliphatic carbocycles. The minimum absolute atomic E-state index is 0.0180. The molecule has 2 heterocycles. The maximum atomic E-state index is 15.1. The molecule has 0 spiro atoms. The molecule has 10 nitrogen and oxygen atoms in total. The zero-order valence-corrected chi connectivity index (χ0v) is 25.2. The Hall–Kier alpha value is -4.18. The Morgan fingerprint density at radius 2 is 1.93 bits per heavy atom. The topological polar surface area (TPSA) is 129 Å². The van der Waals surface area contributed by atoms with Gasteiger partial charge in [0.25, 0.3) is 5.91 Å². The molecule has 2 amide bonds. The van der Waals surface area contributed by atoms with Crippen LogP contribution in [-0.2, 0) is 4.79 Å². The van der Waals surface area contributed by atoms with Gasteiger partial charge in [0.1, 0.15) is 5.02 Å². The first-order chi connectivity index (χ1) is 20.5. The number of tetrazole rings is 1. The number of carbonyl (C=O) groups excluding carboxylic acids is 2. The third-order valence-electron chi connectivity index (χ3n) is 6.38. The van der Waals surface area contributed by atoms with Crippen LogP contribution in [0.15, 0.2) is 60.0 Å². The molecule has 0 saturated heterocycles. The van der Waals surface area contributed by atoms with E-state index in [4.69, 9.17) is 23.2 Å². The highest BCUT2D eigenvalue weighted by atomic mass is 35.5. The molecule has 14 heteroatoms. The summed E-state index contributed by atoms with van der Waals surface area (Å²) in [7, 11) is 0. The number of benzene rings is 2. The van der Waals surface area contributed by atoms with E-state index in [1.165, 1.54) is 46.9 Å². The lowest BCUT2D eigenvalue weighted by atomic mass is 10.0. The van der Waals surface area contributed by atoms with Crippen molar-refractivity contribution in [1.82, 2.24) is 25.5 Å². The number of pyridine rings is 1. The minimum Gasteiger partial charge on any atom is -0.619 e. The summed E-state index contributed by atoms with van der Waals surface area (Å²) in [4.78, 5) is 25.2. The van der Waals surface area contributed by atoms with Gasteiger partial charge in [0.15, 0.2) is 18.2 Å². The highest BCUT2D eigenvalue weighted by Crippen LogP contribution is 2.41. The Morgan fingerprint density at radius 1 is 1.19 bits per heavy atom. The number of nitrogens with one attached hydrogen (secondary N) is 2. The van der Waals surface area contributed by atoms with E-state index in [1.54, 1.807) is 13.8 Å². The Morgan fingerprint density at radius 3 is 2.63 bits per heavy atom. The van der Waals surface area contributed by atoms with E-state index < -0.39 is 23.2 Å². The first-order valence-corrected chi connectivity index (χ1v) is 14.8. The van der Waals surface area contributed by atoms with Gasteiger partial charge in [0.2, 0.25) is 11.1 Å². The van der Waals surface area contributed by atoms with Crippen LogP contribution in [-0.4, -0.2) is 43.3 Å². The number of hydrogen-bond acceptors (Lipinski definition) is 7. The molecule has 2 aromatic carbocycles. The summed E-state index contributed by atoms with van der Waals surface area (Å²) < 4.78 is 17.1. The second-order valence-corrected chi connectivity index (χ2v) is 12.0. The second kappa shape index (κ2) is 12.6. The third-order valence-corrected chi connectivity index (χ3v) is 7.97. The SMILES string of the molecule is CC(C)(C#Cc1ccc(NC(=O)CSc2nnnn2-c2ccc(C3CC3)cc2Cl)c(Cl)c1F)NC(=O)c1cc[n+]([O-])cc1. The van der Waals surface area contributed by atoms with Crippen LogP contribution < -0.4 is 15.4 Å². The molecule has 43 heavy (non-hydrogen) atoms. The fourth-order valence-electron chi connectivity index (χ4n) is 4.02. The molecule has 2 aromatic heterocycles. The number of nitrogens with zero attached hydrogens (tertiary/aromatic N) is 5. The lowest BCUT2D eigenvalue weighted by Crippen LogP contribution is -2.42. The fourth-order valence-corrected chi connectivity index (χ4v) is 5.18. The van der Waals surface area contributed by atoms with Gasteiger partial charge >= 0.3 is 0 Å². The smallest absolute Gasteiger partial charge is 0.252 e. The van der Waals surface area contributed by atoms with Crippen LogP contribution in [0.5, 0.6) is 0 Å². The highest BCUT2D eigenvalue weighted by molar-refractivity contribution is 7.99. The van der Waals surface area contributed by atoms with Crippen molar-refractivity contribution < 1.29 is 18.7 Å². The highest BCUT2D eigenvalue weighted by Gasteiger charge is 2.25. The molecule has 2 N–H and O–H groups in total. The molecule has 1 saturated carbocycles. The van der Waals surface area contributed by atoms with Crippen LogP contribution in [0.25, 0.3) is 5.69 Å². The molecule has 220 valence electrons. The van der Waals surface area contributed by atoms with Crippen LogP contribution in [0, 0.1) is 22.9 Å². The Kier molecular flexibility index (Phi) is 8.87. The van der Waals surface area contributed by atoms with E-state index >= 15 is 4.39 Å². The van der Waals surface area contributed by atoms with Crippen LogP contribution in [0.3, 0.4) is 0 Å². The first kappa shape index (κ1) is 30.3. The summed E-state index contributed by atoms with van der Waals surface area (Å²) in [5.41, 5.74) is 1.06. The van der Waals surface area contributed by atoms with Crippen LogP contribution in [0.4, 0.5) is 10.1 Å². The predicted octanol–water partition coefficient (Wildman–Crippen LogP) is 4.91. The molecule has 1 aliphatic rings. The molecule has 1 fully saturated rings. The van der Waals surface area contributed by atoms with E-state index in [1.807, 2.05) is 18.2 Å². The molecule has 0 radical (unpaired) electrons. The zero-order chi connectivity index (χ0) is 30.7. The van der Waals surface area contributed by atoms with Crippen LogP contribution >= 0.6 is 35.0 Å². The predicted molar refractivity (Wildman–Crippen MR) is 161 cm³/mol. The standard InChI is InChI=1S/C29H24Cl2FN7O3S/c1-29(2,34-27(41)19-10-13-38(42)14-11-19)12-9-18-5-7-22(25(31)26(18)32)33-24(40)16-43-28-35-36-37-39(28)23-8-6-20(15-21(23)30)17-3-4-17/h5-8,10-11,13-15,17H,3-4,16H2,1-2H3,(H,33,40)(H,34,41). The van der Waals surface area contributed by atoms with E-state index in [0.717, 1.165) is 24.6 Å². The normalized spacial score (nSPS) is 12.8. The maximum Gasteiger partial charge on any atom is 0.252 e. The van der Waals surface area contributed by atoms with Gasteiger partial charge in [-0.05, 0) is 72.9 Å². The van der Waals surface area contributed by atoms with E-state index in [9.17, 15) is 14.8 Å². The molecular formula is C29H24Cl2FN7O3S. The Bertz CT molecular complexity index is 1770. The van der Waals surface area contributed by atoms with Gasteiger partial charge in [-0.2, -0.15) is 9.41 Å². The van der Waals surface area contributed by atoms with Crippen molar-refractivity contribution in [2.75, 3.05) is 11.1 Å². The van der Waals surface area contributed by atoms with Crippen molar-refractivity contribution in [3.8, 4) is 17.5 Å². The summed E-state index contributed by atoms with van der Waals surface area (Å²) in [6.07, 6.45) is 4.72. The van der Waals surface area contributed by atoms with Crippen molar-refractivity contribution >= 4 is 52.5 Å². The Balaban J connectivity index is 1.21. The number of anilines is 1. The average molecular weight is 641 g/mol. The van der Waals surface area contributed by atoms with E-state index in [0.29, 0.717) is 26.5 Å². The van der Waals surface area contributed by atoms with Crippen molar-refractivity contribution in [3.05, 3.63) is 92.6 Å².